The summed E-state index contributed by atoms with van der Waals surface area (Å²) in [6.07, 6.45) is 7.66. The summed E-state index contributed by atoms with van der Waals surface area (Å²) >= 11 is 0. The number of likely N-dealkylation sites (tertiary alicyclic amines) is 1. The quantitative estimate of drug-likeness (QED) is 0.189. The molecule has 3 saturated carbocycles. The molecule has 4 aliphatic rings. The van der Waals surface area contributed by atoms with E-state index in [4.69, 9.17) is 5.73 Å². The second-order valence-corrected chi connectivity index (χ2v) is 15.2. The van der Waals surface area contributed by atoms with Crippen molar-refractivity contribution in [1.29, 1.82) is 0 Å². The first-order chi connectivity index (χ1) is 22.3. The van der Waals surface area contributed by atoms with Gasteiger partial charge in [-0.05, 0) is 54.3 Å². The molecule has 6 atom stereocenters. The van der Waals surface area contributed by atoms with Gasteiger partial charge in [0.1, 0.15) is 12.1 Å². The summed E-state index contributed by atoms with van der Waals surface area (Å²) in [4.78, 5) is 81.6. The van der Waals surface area contributed by atoms with Crippen molar-refractivity contribution < 1.29 is 28.8 Å². The van der Waals surface area contributed by atoms with Gasteiger partial charge in [0, 0.05) is 12.1 Å². The molecule has 11 heteroatoms. The van der Waals surface area contributed by atoms with E-state index >= 15 is 0 Å². The van der Waals surface area contributed by atoms with Crippen molar-refractivity contribution in [2.24, 2.45) is 40.7 Å². The lowest BCUT2D eigenvalue weighted by atomic mass is 9.80. The van der Waals surface area contributed by atoms with E-state index in [0.717, 1.165) is 51.4 Å². The molecule has 1 heterocycles. The molecule has 11 nitrogen and oxygen atoms in total. The van der Waals surface area contributed by atoms with Gasteiger partial charge >= 0.3 is 6.03 Å². The van der Waals surface area contributed by atoms with E-state index < -0.39 is 47.8 Å². The number of ketones is 2. The Balaban J connectivity index is 1.35. The lowest BCUT2D eigenvalue weighted by Gasteiger charge is -2.37. The standard InChI is InChI=1S/C36H51N5O6/c1-20(2)27(30(42)23-16-9-6-10-17-23)39-35(47)40-28(22-14-7-5-8-15-22)34(46)41-19-24-26(36(24,3)4)29(41)33(45)38-25(31(43)32(37)44)18-21-12-11-13-21/h6,9-10,16-17,20-22,24-29H,5,7-8,11-15,18-19H2,1-4H3,(H2,37,44)(H,38,45)(H2,39,40,47)/t24?,25?,26-,27-,28-,29-/m0/s1. The van der Waals surface area contributed by atoms with E-state index in [1.54, 1.807) is 29.2 Å². The lowest BCUT2D eigenvalue weighted by Crippen LogP contribution is -2.61. The maximum atomic E-state index is 14.5. The minimum atomic E-state index is -1.09. The number of rotatable bonds is 13. The van der Waals surface area contributed by atoms with Gasteiger partial charge in [-0.25, -0.2) is 4.79 Å². The molecule has 0 spiro atoms. The molecule has 2 unspecified atom stereocenters. The second kappa shape index (κ2) is 14.2. The molecule has 5 N–H and O–H groups in total. The molecule has 1 aromatic carbocycles. The molecule has 0 bridgehead atoms. The van der Waals surface area contributed by atoms with Crippen molar-refractivity contribution in [3.63, 3.8) is 0 Å². The summed E-state index contributed by atoms with van der Waals surface area (Å²) < 4.78 is 0. The first-order valence-electron chi connectivity index (χ1n) is 17.4. The molecule has 47 heavy (non-hydrogen) atoms. The van der Waals surface area contributed by atoms with Crippen LogP contribution in [0.1, 0.15) is 95.8 Å². The monoisotopic (exact) mass is 649 g/mol. The zero-order valence-electron chi connectivity index (χ0n) is 28.1. The van der Waals surface area contributed by atoms with Crippen LogP contribution in [0.3, 0.4) is 0 Å². The Morgan fingerprint density at radius 3 is 2.13 bits per heavy atom. The molecular weight excluding hydrogens is 598 g/mol. The number of urea groups is 1. The van der Waals surface area contributed by atoms with Crippen molar-refractivity contribution in [3.8, 4) is 0 Å². The third-order valence-electron chi connectivity index (χ3n) is 11.4. The molecule has 0 radical (unpaired) electrons. The Morgan fingerprint density at radius 2 is 1.55 bits per heavy atom. The van der Waals surface area contributed by atoms with Crippen molar-refractivity contribution >= 4 is 35.3 Å². The van der Waals surface area contributed by atoms with E-state index in [2.05, 4.69) is 29.8 Å². The highest BCUT2D eigenvalue weighted by Gasteiger charge is 2.69. The van der Waals surface area contributed by atoms with Crippen LogP contribution in [0.5, 0.6) is 0 Å². The summed E-state index contributed by atoms with van der Waals surface area (Å²) in [7, 11) is 0. The topological polar surface area (TPSA) is 168 Å². The van der Waals surface area contributed by atoms with Gasteiger partial charge in [0.2, 0.25) is 17.6 Å². The maximum absolute atomic E-state index is 14.5. The highest BCUT2D eigenvalue weighted by molar-refractivity contribution is 6.37. The first kappa shape index (κ1) is 34.6. The van der Waals surface area contributed by atoms with Crippen LogP contribution in [0.25, 0.3) is 0 Å². The normalized spacial score (nSPS) is 25.5. The Morgan fingerprint density at radius 1 is 0.894 bits per heavy atom. The van der Waals surface area contributed by atoms with Gasteiger partial charge in [0.25, 0.3) is 5.91 Å². The number of nitrogens with one attached hydrogen (secondary N) is 3. The second-order valence-electron chi connectivity index (χ2n) is 15.2. The predicted octanol–water partition coefficient (Wildman–Crippen LogP) is 3.35. The smallest absolute Gasteiger partial charge is 0.316 e. The van der Waals surface area contributed by atoms with Gasteiger partial charge in [-0.1, -0.05) is 96.6 Å². The number of amides is 5. The SMILES string of the molecule is CC(C)[C@H](NC(=O)N[C@H](C(=O)N1CC2[C@@H]([C@H]1C(=O)NC(CC1CCC1)C(=O)C(N)=O)C2(C)C)C1CCCCC1)C(=O)c1ccccc1. The van der Waals surface area contributed by atoms with Crippen LogP contribution in [0, 0.1) is 35.0 Å². The van der Waals surface area contributed by atoms with Crippen LogP contribution in [0.4, 0.5) is 4.79 Å². The van der Waals surface area contributed by atoms with Gasteiger partial charge in [0.15, 0.2) is 5.78 Å². The van der Waals surface area contributed by atoms with Crippen LogP contribution < -0.4 is 21.7 Å². The number of hydrogen-bond donors (Lipinski definition) is 4. The van der Waals surface area contributed by atoms with Crippen LogP contribution in [0.15, 0.2) is 30.3 Å². The van der Waals surface area contributed by atoms with Gasteiger partial charge in [-0.3, -0.25) is 24.0 Å². The van der Waals surface area contributed by atoms with Crippen molar-refractivity contribution in [2.75, 3.05) is 6.54 Å². The zero-order valence-corrected chi connectivity index (χ0v) is 28.1. The van der Waals surface area contributed by atoms with Gasteiger partial charge < -0.3 is 26.6 Å². The molecular formula is C36H51N5O6. The van der Waals surface area contributed by atoms with Crippen molar-refractivity contribution in [1.82, 2.24) is 20.9 Å². The number of fused-ring (bicyclic) bond motifs is 1. The number of benzene rings is 1. The fraction of sp³-hybridized carbons (Fsp3) is 0.667. The molecule has 1 saturated heterocycles. The number of hydrogen-bond acceptors (Lipinski definition) is 6. The minimum absolute atomic E-state index is 0.0915. The molecule has 3 aliphatic carbocycles. The van der Waals surface area contributed by atoms with Crippen molar-refractivity contribution in [2.45, 2.75) is 110 Å². The largest absolute Gasteiger partial charge is 0.363 e. The summed E-state index contributed by atoms with van der Waals surface area (Å²) in [5.74, 6) is -3.03. The van der Waals surface area contributed by atoms with Gasteiger partial charge in [-0.15, -0.1) is 0 Å². The number of Topliss-reactive ketones (excluding diaryl/α,β-unsaturated/α-hetero) is 2. The van der Waals surface area contributed by atoms with E-state index in [-0.39, 0.29) is 46.7 Å². The van der Waals surface area contributed by atoms with E-state index in [1.165, 1.54) is 0 Å². The Kier molecular flexibility index (Phi) is 10.4. The highest BCUT2D eigenvalue weighted by Crippen LogP contribution is 2.65. The molecule has 256 valence electrons. The molecule has 0 aromatic heterocycles. The van der Waals surface area contributed by atoms with E-state index in [9.17, 15) is 28.8 Å². The van der Waals surface area contributed by atoms with Crippen LogP contribution in [-0.4, -0.2) is 70.9 Å². The molecule has 1 aromatic rings. The minimum Gasteiger partial charge on any atom is -0.363 e. The first-order valence-corrected chi connectivity index (χ1v) is 17.4. The number of primary amides is 1. The average Bonchev–Trinajstić information content (AvgIpc) is 3.34. The van der Waals surface area contributed by atoms with Gasteiger partial charge in [0.05, 0.1) is 12.1 Å². The summed E-state index contributed by atoms with van der Waals surface area (Å²) in [6.45, 7) is 8.23. The highest BCUT2D eigenvalue weighted by atomic mass is 16.2. The number of nitrogens with two attached hydrogens (primary N) is 1. The van der Waals surface area contributed by atoms with Crippen LogP contribution in [0.2, 0.25) is 0 Å². The number of carbonyl (C=O) groups is 6. The van der Waals surface area contributed by atoms with Gasteiger partial charge in [-0.2, -0.15) is 0 Å². The third-order valence-corrected chi connectivity index (χ3v) is 11.4. The number of carbonyl (C=O) groups excluding carboxylic acids is 6. The third kappa shape index (κ3) is 7.38. The fourth-order valence-corrected chi connectivity index (χ4v) is 8.20. The van der Waals surface area contributed by atoms with E-state index in [1.807, 2.05) is 19.9 Å². The average molecular weight is 650 g/mol. The van der Waals surface area contributed by atoms with Crippen LogP contribution >= 0.6 is 0 Å². The summed E-state index contributed by atoms with van der Waals surface area (Å²) in [5, 5.41) is 8.61. The molecule has 1 aliphatic heterocycles. The number of nitrogens with zero attached hydrogens (tertiary/aromatic N) is 1. The number of piperidine rings is 1. The molecule has 5 rings (SSSR count). The van der Waals surface area contributed by atoms with Crippen LogP contribution in [-0.2, 0) is 19.2 Å². The summed E-state index contributed by atoms with van der Waals surface area (Å²) in [6, 6.07) is 4.64. The maximum Gasteiger partial charge on any atom is 0.316 e. The van der Waals surface area contributed by atoms with Crippen molar-refractivity contribution in [3.05, 3.63) is 35.9 Å². The molecule has 5 amide bonds. The predicted molar refractivity (Wildman–Crippen MR) is 176 cm³/mol. The fourth-order valence-electron chi connectivity index (χ4n) is 8.20. The Bertz CT molecular complexity index is 1370. The zero-order chi connectivity index (χ0) is 34.0. The summed E-state index contributed by atoms with van der Waals surface area (Å²) in [5.41, 5.74) is 5.67. The lowest BCUT2D eigenvalue weighted by molar-refractivity contribution is -0.144. The van der Waals surface area contributed by atoms with E-state index in [0.29, 0.717) is 18.5 Å². The Hall–Kier alpha value is -3.76. The Labute approximate surface area is 277 Å². The molecule has 4 fully saturated rings.